The van der Waals surface area contributed by atoms with Crippen LogP contribution in [0.1, 0.15) is 44.3 Å². The van der Waals surface area contributed by atoms with Crippen LogP contribution in [0, 0.1) is 0 Å². The second-order valence-corrected chi connectivity index (χ2v) is 5.70. The third-order valence-corrected chi connectivity index (χ3v) is 4.49. The minimum atomic E-state index is -0.350. The van der Waals surface area contributed by atoms with Gasteiger partial charge in [0.25, 0.3) is 0 Å². The van der Waals surface area contributed by atoms with E-state index in [1.165, 1.54) is 5.06 Å². The van der Waals surface area contributed by atoms with Gasteiger partial charge in [0.05, 0.1) is 5.54 Å². The Morgan fingerprint density at radius 3 is 2.89 bits per heavy atom. The van der Waals surface area contributed by atoms with E-state index in [2.05, 4.69) is 6.92 Å². The van der Waals surface area contributed by atoms with Gasteiger partial charge in [-0.1, -0.05) is 36.2 Å². The van der Waals surface area contributed by atoms with Crippen LogP contribution in [0.15, 0.2) is 29.3 Å². The number of halogens is 1. The number of rotatable bonds is 1. The molecule has 0 amide bonds. The van der Waals surface area contributed by atoms with Crippen molar-refractivity contribution in [3.05, 3.63) is 34.9 Å². The van der Waals surface area contributed by atoms with Crippen molar-refractivity contribution >= 4 is 17.3 Å². The van der Waals surface area contributed by atoms with Crippen molar-refractivity contribution in [3.63, 3.8) is 0 Å². The van der Waals surface area contributed by atoms with Crippen molar-refractivity contribution < 1.29 is 5.21 Å². The predicted molar refractivity (Wildman–Crippen MR) is 72.1 cm³/mol. The van der Waals surface area contributed by atoms with E-state index in [0.717, 1.165) is 37.0 Å². The number of aliphatic imine (C=N–C) groups is 1. The number of nitrogens with zero attached hydrogens (tertiary/aromatic N) is 2. The highest BCUT2D eigenvalue weighted by Crippen LogP contribution is 2.43. The maximum atomic E-state index is 10.5. The van der Waals surface area contributed by atoms with Crippen LogP contribution in [0.3, 0.4) is 0 Å². The molecule has 0 bridgehead atoms. The smallest absolute Gasteiger partial charge is 0.152 e. The summed E-state index contributed by atoms with van der Waals surface area (Å²) in [6.45, 7) is 2.07. The zero-order chi connectivity index (χ0) is 12.8. The minimum Gasteiger partial charge on any atom is -0.311 e. The zero-order valence-electron chi connectivity index (χ0n) is 10.4. The Labute approximate surface area is 112 Å². The number of fused-ring (bicyclic) bond motifs is 1. The highest BCUT2D eigenvalue weighted by Gasteiger charge is 2.47. The SMILES string of the molecule is C[C@@]12CCCCC1=N[C@H](c1ccccc1Cl)N2O. The van der Waals surface area contributed by atoms with Crippen LogP contribution >= 0.6 is 11.6 Å². The molecule has 1 fully saturated rings. The first-order valence-electron chi connectivity index (χ1n) is 6.43. The van der Waals surface area contributed by atoms with Crippen molar-refractivity contribution in [3.8, 4) is 0 Å². The molecular weight excluding hydrogens is 248 g/mol. The van der Waals surface area contributed by atoms with Gasteiger partial charge in [-0.05, 0) is 32.3 Å². The second kappa shape index (κ2) is 4.34. The summed E-state index contributed by atoms with van der Waals surface area (Å²) in [5.41, 5.74) is 1.69. The van der Waals surface area contributed by atoms with Crippen LogP contribution in [0.25, 0.3) is 0 Å². The normalized spacial score (nSPS) is 32.2. The summed E-state index contributed by atoms with van der Waals surface area (Å²) in [5, 5.41) is 12.5. The maximum Gasteiger partial charge on any atom is 0.152 e. The molecule has 96 valence electrons. The summed E-state index contributed by atoms with van der Waals surface area (Å²) in [4.78, 5) is 4.70. The van der Waals surface area contributed by atoms with E-state index < -0.39 is 0 Å². The van der Waals surface area contributed by atoms with Crippen molar-refractivity contribution in [2.45, 2.75) is 44.3 Å². The molecule has 2 aliphatic rings. The summed E-state index contributed by atoms with van der Waals surface area (Å²) in [5.74, 6) is 0. The van der Waals surface area contributed by atoms with Crippen LogP contribution in [-0.4, -0.2) is 21.5 Å². The highest BCUT2D eigenvalue weighted by atomic mass is 35.5. The summed E-state index contributed by atoms with van der Waals surface area (Å²) in [6, 6.07) is 7.60. The lowest BCUT2D eigenvalue weighted by Gasteiger charge is -2.36. The Balaban J connectivity index is 2.01. The van der Waals surface area contributed by atoms with Gasteiger partial charge >= 0.3 is 0 Å². The number of hydroxylamine groups is 2. The Morgan fingerprint density at radius 2 is 2.17 bits per heavy atom. The average Bonchev–Trinajstić information content (AvgIpc) is 2.63. The standard InChI is InChI=1S/C14H17ClN2O/c1-14-9-5-4-8-12(14)16-13(17(14)18)10-6-2-3-7-11(10)15/h2-3,6-7,13,18H,4-5,8-9H2,1H3/t13-,14+/m0/s1. The third kappa shape index (κ3) is 1.69. The topological polar surface area (TPSA) is 35.8 Å². The fourth-order valence-corrected chi connectivity index (χ4v) is 3.22. The monoisotopic (exact) mass is 264 g/mol. The van der Waals surface area contributed by atoms with E-state index in [4.69, 9.17) is 16.6 Å². The molecule has 0 unspecified atom stereocenters. The molecule has 3 rings (SSSR count). The third-order valence-electron chi connectivity index (χ3n) is 4.15. The van der Waals surface area contributed by atoms with E-state index in [-0.39, 0.29) is 11.7 Å². The van der Waals surface area contributed by atoms with Gasteiger partial charge < -0.3 is 5.21 Å². The van der Waals surface area contributed by atoms with Crippen molar-refractivity contribution in [1.29, 1.82) is 0 Å². The second-order valence-electron chi connectivity index (χ2n) is 5.30. The molecule has 1 heterocycles. The summed E-state index contributed by atoms with van der Waals surface area (Å²) >= 11 is 6.21. The fourth-order valence-electron chi connectivity index (χ4n) is 2.98. The lowest BCUT2D eigenvalue weighted by Crippen LogP contribution is -2.48. The van der Waals surface area contributed by atoms with E-state index in [9.17, 15) is 5.21 Å². The van der Waals surface area contributed by atoms with Crippen molar-refractivity contribution in [2.75, 3.05) is 0 Å². The van der Waals surface area contributed by atoms with Crippen LogP contribution in [0.4, 0.5) is 0 Å². The fraction of sp³-hybridized carbons (Fsp3) is 0.500. The van der Waals surface area contributed by atoms with Crippen LogP contribution in [0.5, 0.6) is 0 Å². The first-order chi connectivity index (χ1) is 8.63. The number of hydrogen-bond acceptors (Lipinski definition) is 3. The summed E-state index contributed by atoms with van der Waals surface area (Å²) < 4.78 is 0. The molecule has 1 aliphatic heterocycles. The van der Waals surface area contributed by atoms with Crippen LogP contribution in [0.2, 0.25) is 5.02 Å². The van der Waals surface area contributed by atoms with Gasteiger partial charge in [0.1, 0.15) is 0 Å². The van der Waals surface area contributed by atoms with Gasteiger partial charge in [-0.2, -0.15) is 5.06 Å². The van der Waals surface area contributed by atoms with Crippen LogP contribution in [-0.2, 0) is 0 Å². The van der Waals surface area contributed by atoms with E-state index in [0.29, 0.717) is 5.02 Å². The van der Waals surface area contributed by atoms with Gasteiger partial charge in [0.2, 0.25) is 0 Å². The highest BCUT2D eigenvalue weighted by molar-refractivity contribution is 6.31. The molecule has 0 spiro atoms. The lowest BCUT2D eigenvalue weighted by molar-refractivity contribution is -0.168. The molecule has 0 radical (unpaired) electrons. The predicted octanol–water partition coefficient (Wildman–Crippen LogP) is 3.82. The molecule has 1 saturated carbocycles. The molecule has 0 saturated heterocycles. The van der Waals surface area contributed by atoms with Gasteiger partial charge in [-0.25, -0.2) is 0 Å². The lowest BCUT2D eigenvalue weighted by atomic mass is 9.82. The molecule has 2 atom stereocenters. The molecular formula is C14H17ClN2O. The minimum absolute atomic E-state index is 0.303. The molecule has 18 heavy (non-hydrogen) atoms. The number of hydrogen-bond donors (Lipinski definition) is 1. The molecule has 1 N–H and O–H groups in total. The van der Waals surface area contributed by atoms with Crippen molar-refractivity contribution in [2.24, 2.45) is 4.99 Å². The molecule has 1 aromatic rings. The van der Waals surface area contributed by atoms with Gasteiger partial charge in [0, 0.05) is 16.3 Å². The maximum absolute atomic E-state index is 10.5. The van der Waals surface area contributed by atoms with E-state index >= 15 is 0 Å². The Morgan fingerprint density at radius 1 is 1.39 bits per heavy atom. The first kappa shape index (κ1) is 12.2. The summed E-state index contributed by atoms with van der Waals surface area (Å²) in [7, 11) is 0. The molecule has 4 heteroatoms. The summed E-state index contributed by atoms with van der Waals surface area (Å²) in [6.07, 6.45) is 3.90. The largest absolute Gasteiger partial charge is 0.311 e. The molecule has 3 nitrogen and oxygen atoms in total. The Kier molecular flexibility index (Phi) is 2.93. The zero-order valence-corrected chi connectivity index (χ0v) is 11.2. The van der Waals surface area contributed by atoms with Gasteiger partial charge in [0.15, 0.2) is 6.17 Å². The quantitative estimate of drug-likeness (QED) is 0.837. The molecule has 1 aliphatic carbocycles. The average molecular weight is 265 g/mol. The number of benzene rings is 1. The van der Waals surface area contributed by atoms with E-state index in [1.807, 2.05) is 24.3 Å². The van der Waals surface area contributed by atoms with Gasteiger partial charge in [-0.3, -0.25) is 4.99 Å². The van der Waals surface area contributed by atoms with E-state index in [1.54, 1.807) is 0 Å². The van der Waals surface area contributed by atoms with Gasteiger partial charge in [-0.15, -0.1) is 0 Å². The van der Waals surface area contributed by atoms with Crippen molar-refractivity contribution in [1.82, 2.24) is 5.06 Å². The first-order valence-corrected chi connectivity index (χ1v) is 6.80. The molecule has 1 aromatic carbocycles. The molecule has 0 aromatic heterocycles. The van der Waals surface area contributed by atoms with Crippen LogP contribution < -0.4 is 0 Å². The Bertz CT molecular complexity index is 502. The Hall–Kier alpha value is -0.900.